The number of fused-ring (bicyclic) bond motifs is 1. The van der Waals surface area contributed by atoms with E-state index < -0.39 is 16.1 Å². The number of likely N-dealkylation sites (tertiary alicyclic amines) is 1. The molecule has 37 heavy (non-hydrogen) atoms. The van der Waals surface area contributed by atoms with Crippen molar-refractivity contribution in [1.82, 2.24) is 9.88 Å². The molecule has 0 radical (unpaired) electrons. The molecule has 1 unspecified atom stereocenters. The molecule has 188 valence electrons. The van der Waals surface area contributed by atoms with Crippen molar-refractivity contribution < 1.29 is 18.0 Å². The number of pyridine rings is 1. The van der Waals surface area contributed by atoms with Crippen molar-refractivity contribution in [1.29, 1.82) is 0 Å². The van der Waals surface area contributed by atoms with Crippen LogP contribution in [0.5, 0.6) is 0 Å². The van der Waals surface area contributed by atoms with Gasteiger partial charge in [0.25, 0.3) is 5.91 Å². The fraction of sp³-hybridized carbons (Fsp3) is 0.148. The van der Waals surface area contributed by atoms with Gasteiger partial charge in [-0.1, -0.05) is 36.4 Å². The molecule has 1 aliphatic heterocycles. The number of sulfonamides is 1. The zero-order valence-corrected chi connectivity index (χ0v) is 20.6. The van der Waals surface area contributed by atoms with Crippen LogP contribution in [0.25, 0.3) is 21.9 Å². The van der Waals surface area contributed by atoms with Gasteiger partial charge in [0.15, 0.2) is 0 Å². The normalized spacial score (nSPS) is 15.6. The molecule has 2 amide bonds. The van der Waals surface area contributed by atoms with Crippen LogP contribution < -0.4 is 16.2 Å². The molecule has 2 heterocycles. The van der Waals surface area contributed by atoms with Crippen molar-refractivity contribution in [3.05, 3.63) is 84.6 Å². The van der Waals surface area contributed by atoms with Crippen molar-refractivity contribution >= 4 is 44.1 Å². The van der Waals surface area contributed by atoms with E-state index in [0.717, 1.165) is 5.39 Å². The van der Waals surface area contributed by atoms with Gasteiger partial charge in [0.2, 0.25) is 15.9 Å². The molecule has 5 rings (SSSR count). The fourth-order valence-corrected chi connectivity index (χ4v) is 5.44. The van der Waals surface area contributed by atoms with Crippen LogP contribution in [-0.2, 0) is 14.8 Å². The summed E-state index contributed by atoms with van der Waals surface area (Å²) >= 11 is 0. The maximum absolute atomic E-state index is 13.3. The molecule has 1 saturated heterocycles. The van der Waals surface area contributed by atoms with Gasteiger partial charge in [0.1, 0.15) is 11.9 Å². The molecule has 10 heteroatoms. The van der Waals surface area contributed by atoms with E-state index in [0.29, 0.717) is 53.0 Å². The number of nitrogen functional groups attached to an aromatic ring is 1. The van der Waals surface area contributed by atoms with Gasteiger partial charge in [-0.05, 0) is 60.2 Å². The van der Waals surface area contributed by atoms with Gasteiger partial charge >= 0.3 is 0 Å². The zero-order chi connectivity index (χ0) is 26.2. The summed E-state index contributed by atoms with van der Waals surface area (Å²) in [5, 5.41) is 9.80. The highest BCUT2D eigenvalue weighted by atomic mass is 32.2. The highest BCUT2D eigenvalue weighted by Crippen LogP contribution is 2.29. The summed E-state index contributed by atoms with van der Waals surface area (Å²) in [5.41, 5.74) is 8.08. The third kappa shape index (κ3) is 4.89. The predicted molar refractivity (Wildman–Crippen MR) is 142 cm³/mol. The Bertz CT molecular complexity index is 1620. The number of rotatable bonds is 5. The highest BCUT2D eigenvalue weighted by molar-refractivity contribution is 7.89. The molecule has 9 nitrogen and oxygen atoms in total. The fourth-order valence-electron chi connectivity index (χ4n) is 4.68. The van der Waals surface area contributed by atoms with E-state index in [1.54, 1.807) is 65.7 Å². The van der Waals surface area contributed by atoms with E-state index in [-0.39, 0.29) is 16.7 Å². The summed E-state index contributed by atoms with van der Waals surface area (Å²) in [6, 6.07) is 19.7. The van der Waals surface area contributed by atoms with Crippen molar-refractivity contribution in [2.45, 2.75) is 23.8 Å². The summed E-state index contributed by atoms with van der Waals surface area (Å²) in [6.45, 7) is 0.473. The predicted octanol–water partition coefficient (Wildman–Crippen LogP) is 3.37. The Kier molecular flexibility index (Phi) is 6.36. The standard InChI is InChI=1S/C27H25N5O4S/c28-25-22-16-19(8-7-18(22)13-14-30-25)27(34)32-15-3-5-23(32)26(33)31-20-11-9-17(10-12-20)21-4-1-2-6-24(21)37(29,35)36/h1-2,4,6-14,16,23H,3,5,15H2,(H2,28,30)(H,31,33)(H2,29,35,36). The van der Waals surface area contributed by atoms with E-state index in [9.17, 15) is 18.0 Å². The molecule has 0 aliphatic carbocycles. The highest BCUT2D eigenvalue weighted by Gasteiger charge is 2.34. The lowest BCUT2D eigenvalue weighted by molar-refractivity contribution is -0.119. The number of carbonyl (C=O) groups excluding carboxylic acids is 2. The van der Waals surface area contributed by atoms with Gasteiger partial charge in [-0.3, -0.25) is 9.59 Å². The quantitative estimate of drug-likeness (QED) is 0.371. The minimum atomic E-state index is -3.89. The first kappa shape index (κ1) is 24.4. The molecular formula is C27H25N5O4S. The van der Waals surface area contributed by atoms with E-state index >= 15 is 0 Å². The van der Waals surface area contributed by atoms with E-state index in [1.807, 2.05) is 12.1 Å². The lowest BCUT2D eigenvalue weighted by atomic mass is 10.1. The monoisotopic (exact) mass is 515 g/mol. The average molecular weight is 516 g/mol. The number of nitrogens with two attached hydrogens (primary N) is 2. The van der Waals surface area contributed by atoms with Crippen LogP contribution >= 0.6 is 0 Å². The van der Waals surface area contributed by atoms with Crippen molar-refractivity contribution in [3.8, 4) is 11.1 Å². The van der Waals surface area contributed by atoms with Crippen LogP contribution in [0.2, 0.25) is 0 Å². The molecule has 1 aliphatic rings. The smallest absolute Gasteiger partial charge is 0.254 e. The van der Waals surface area contributed by atoms with Gasteiger partial charge < -0.3 is 16.0 Å². The number of aromatic nitrogens is 1. The first-order chi connectivity index (χ1) is 17.7. The van der Waals surface area contributed by atoms with Gasteiger partial charge in [0.05, 0.1) is 4.90 Å². The third-order valence-corrected chi connectivity index (χ3v) is 7.49. The largest absolute Gasteiger partial charge is 0.383 e. The summed E-state index contributed by atoms with van der Waals surface area (Å²) in [5.74, 6) is -0.179. The lowest BCUT2D eigenvalue weighted by Gasteiger charge is -2.24. The number of carbonyl (C=O) groups is 2. The first-order valence-corrected chi connectivity index (χ1v) is 13.3. The number of hydrogen-bond acceptors (Lipinski definition) is 6. The van der Waals surface area contributed by atoms with Crippen molar-refractivity contribution in [3.63, 3.8) is 0 Å². The number of nitrogens with one attached hydrogen (secondary N) is 1. The van der Waals surface area contributed by atoms with Gasteiger partial charge in [-0.2, -0.15) is 0 Å². The Labute approximate surface area is 214 Å². The first-order valence-electron chi connectivity index (χ1n) is 11.7. The van der Waals surface area contributed by atoms with Gasteiger partial charge in [-0.25, -0.2) is 18.5 Å². The second kappa shape index (κ2) is 9.64. The number of benzene rings is 3. The lowest BCUT2D eigenvalue weighted by Crippen LogP contribution is -2.43. The van der Waals surface area contributed by atoms with Crippen LogP contribution in [0, 0.1) is 0 Å². The number of nitrogens with zero attached hydrogens (tertiary/aromatic N) is 2. The maximum Gasteiger partial charge on any atom is 0.254 e. The number of primary sulfonamides is 1. The Morgan fingerprint density at radius 3 is 2.51 bits per heavy atom. The summed E-state index contributed by atoms with van der Waals surface area (Å²) in [7, 11) is -3.89. The molecule has 1 aromatic heterocycles. The second-order valence-electron chi connectivity index (χ2n) is 8.90. The van der Waals surface area contributed by atoms with Crippen LogP contribution in [0.3, 0.4) is 0 Å². The summed E-state index contributed by atoms with van der Waals surface area (Å²) < 4.78 is 23.9. The Morgan fingerprint density at radius 2 is 1.76 bits per heavy atom. The molecule has 0 bridgehead atoms. The zero-order valence-electron chi connectivity index (χ0n) is 19.8. The van der Waals surface area contributed by atoms with E-state index in [2.05, 4.69) is 10.3 Å². The molecule has 0 spiro atoms. The molecule has 4 aromatic rings. The number of amides is 2. The minimum Gasteiger partial charge on any atom is -0.383 e. The van der Waals surface area contributed by atoms with Crippen LogP contribution in [0.15, 0.2) is 83.9 Å². The van der Waals surface area contributed by atoms with Gasteiger partial charge in [-0.15, -0.1) is 0 Å². The number of anilines is 2. The maximum atomic E-state index is 13.3. The Balaban J connectivity index is 1.33. The third-order valence-electron chi connectivity index (χ3n) is 6.52. The minimum absolute atomic E-state index is 0.0260. The van der Waals surface area contributed by atoms with E-state index in [1.165, 1.54) is 6.07 Å². The Hall–Kier alpha value is -4.28. The molecule has 1 atom stereocenters. The Morgan fingerprint density at radius 1 is 1.00 bits per heavy atom. The molecule has 0 saturated carbocycles. The topological polar surface area (TPSA) is 148 Å². The summed E-state index contributed by atoms with van der Waals surface area (Å²) in [4.78, 5) is 32.1. The van der Waals surface area contributed by atoms with Crippen LogP contribution in [-0.4, -0.2) is 42.7 Å². The molecular weight excluding hydrogens is 490 g/mol. The molecule has 1 fully saturated rings. The number of hydrogen-bond donors (Lipinski definition) is 3. The average Bonchev–Trinajstić information content (AvgIpc) is 3.39. The van der Waals surface area contributed by atoms with Crippen molar-refractivity contribution in [2.75, 3.05) is 17.6 Å². The van der Waals surface area contributed by atoms with Crippen LogP contribution in [0.4, 0.5) is 11.5 Å². The van der Waals surface area contributed by atoms with E-state index in [4.69, 9.17) is 10.9 Å². The molecule has 5 N–H and O–H groups in total. The second-order valence-corrected chi connectivity index (χ2v) is 10.4. The molecule has 3 aromatic carbocycles. The van der Waals surface area contributed by atoms with Gasteiger partial charge in [0, 0.05) is 34.9 Å². The van der Waals surface area contributed by atoms with Crippen molar-refractivity contribution in [2.24, 2.45) is 5.14 Å². The van der Waals surface area contributed by atoms with Crippen LogP contribution in [0.1, 0.15) is 23.2 Å². The SMILES string of the molecule is Nc1nccc2ccc(C(=O)N3CCCC3C(=O)Nc3ccc(-c4ccccc4S(N)(=O)=O)cc3)cc12. The summed E-state index contributed by atoms with van der Waals surface area (Å²) in [6.07, 6.45) is 2.88.